The van der Waals surface area contributed by atoms with Gasteiger partial charge in [0.2, 0.25) is 5.88 Å². The predicted molar refractivity (Wildman–Crippen MR) is 160 cm³/mol. The van der Waals surface area contributed by atoms with Crippen LogP contribution in [0.4, 0.5) is 10.2 Å². The van der Waals surface area contributed by atoms with E-state index in [-0.39, 0.29) is 17.9 Å². The Morgan fingerprint density at radius 2 is 1.91 bits per heavy atom. The largest absolute Gasteiger partial charge is 0.473 e. The van der Waals surface area contributed by atoms with Crippen LogP contribution in [-0.4, -0.2) is 78.1 Å². The number of nitrogens with zero attached hydrogens (tertiary/aromatic N) is 6. The molecular formula is C31H31FN6O5S. The van der Waals surface area contributed by atoms with E-state index in [1.165, 1.54) is 19.2 Å². The van der Waals surface area contributed by atoms with Gasteiger partial charge in [0.1, 0.15) is 24.1 Å². The second-order valence-electron chi connectivity index (χ2n) is 10.9. The number of methoxy groups -OCH3 is 1. The molecule has 2 saturated heterocycles. The van der Waals surface area contributed by atoms with E-state index in [9.17, 15) is 17.6 Å². The number of halogens is 1. The molecule has 4 heterocycles. The lowest BCUT2D eigenvalue weighted by Gasteiger charge is -2.35. The highest BCUT2D eigenvalue weighted by molar-refractivity contribution is 7.93. The number of benzene rings is 2. The monoisotopic (exact) mass is 618 g/mol. The Hall–Kier alpha value is -4.54. The third-order valence-corrected chi connectivity index (χ3v) is 10.4. The minimum Gasteiger partial charge on any atom is -0.473 e. The zero-order valence-electron chi connectivity index (χ0n) is 24.1. The number of nitriles is 1. The first kappa shape index (κ1) is 29.5. The fourth-order valence-electron chi connectivity index (χ4n) is 5.51. The van der Waals surface area contributed by atoms with Crippen molar-refractivity contribution in [1.29, 1.82) is 5.26 Å². The molecule has 0 N–H and O–H groups in total. The van der Waals surface area contributed by atoms with E-state index in [1.54, 1.807) is 30.3 Å². The Bertz CT molecular complexity index is 1860. The number of carbonyl (C=O) groups excluding carboxylic acids is 1. The Morgan fingerprint density at radius 1 is 1.09 bits per heavy atom. The highest BCUT2D eigenvalue weighted by Crippen LogP contribution is 2.27. The summed E-state index contributed by atoms with van der Waals surface area (Å²) in [7, 11) is -1.80. The van der Waals surface area contributed by atoms with Crippen molar-refractivity contribution in [2.24, 2.45) is 0 Å². The topological polar surface area (TPSA) is 131 Å². The summed E-state index contributed by atoms with van der Waals surface area (Å²) in [6.07, 6.45) is 0.606. The van der Waals surface area contributed by atoms with E-state index < -0.39 is 26.9 Å². The van der Waals surface area contributed by atoms with E-state index in [0.29, 0.717) is 60.6 Å². The summed E-state index contributed by atoms with van der Waals surface area (Å²) in [5.74, 6) is 1.11. The predicted octanol–water partition coefficient (Wildman–Crippen LogP) is 3.32. The molecule has 0 spiro atoms. The van der Waals surface area contributed by atoms with Gasteiger partial charge in [0.15, 0.2) is 9.84 Å². The minimum atomic E-state index is -3.12. The fourth-order valence-corrected chi connectivity index (χ4v) is 6.84. The molecule has 0 aliphatic carbocycles. The van der Waals surface area contributed by atoms with Crippen LogP contribution in [-0.2, 0) is 34.3 Å². The number of imidazole rings is 1. The standard InChI is InChI=1S/C31H31FN6O5S/c1-42-31(39)22-7-8-26-27(16-22)38(18-24-9-14-44(24,40)41)29(34-26)19-36-10-12-37(13-11-36)28-3-2-4-30(35-28)43-20-23-6-5-21(17-33)15-25(23)32/h2-8,15-16,24H,9-14,18-20H2,1H3. The number of ether oxygens (including phenoxy) is 2. The van der Waals surface area contributed by atoms with Gasteiger partial charge in [0.25, 0.3) is 0 Å². The molecule has 0 radical (unpaired) electrons. The van der Waals surface area contributed by atoms with E-state index >= 15 is 0 Å². The van der Waals surface area contributed by atoms with Crippen LogP contribution in [0, 0.1) is 17.1 Å². The van der Waals surface area contributed by atoms with Crippen molar-refractivity contribution in [2.45, 2.75) is 31.4 Å². The van der Waals surface area contributed by atoms with Gasteiger partial charge in [-0.1, -0.05) is 12.1 Å². The van der Waals surface area contributed by atoms with E-state index in [0.717, 1.165) is 24.7 Å². The molecule has 0 amide bonds. The highest BCUT2D eigenvalue weighted by atomic mass is 32.2. The number of aromatic nitrogens is 3. The second kappa shape index (κ2) is 12.2. The maximum absolute atomic E-state index is 14.3. The first-order valence-corrected chi connectivity index (χ1v) is 16.0. The molecule has 6 rings (SSSR count). The molecule has 2 aliphatic rings. The number of piperazine rings is 1. The van der Waals surface area contributed by atoms with Crippen LogP contribution in [0.2, 0.25) is 0 Å². The van der Waals surface area contributed by atoms with Gasteiger partial charge < -0.3 is 18.9 Å². The molecular weight excluding hydrogens is 587 g/mol. The molecule has 2 fully saturated rings. The minimum absolute atomic E-state index is 0.00788. The van der Waals surface area contributed by atoms with Crippen molar-refractivity contribution >= 4 is 32.7 Å². The number of sulfone groups is 1. The average molecular weight is 619 g/mol. The van der Waals surface area contributed by atoms with Crippen molar-refractivity contribution in [1.82, 2.24) is 19.4 Å². The van der Waals surface area contributed by atoms with Crippen LogP contribution in [0.15, 0.2) is 54.6 Å². The smallest absolute Gasteiger partial charge is 0.337 e. The summed E-state index contributed by atoms with van der Waals surface area (Å²) in [5, 5.41) is 8.47. The molecule has 13 heteroatoms. The zero-order valence-corrected chi connectivity index (χ0v) is 25.0. The molecule has 44 heavy (non-hydrogen) atoms. The van der Waals surface area contributed by atoms with Crippen LogP contribution in [0.3, 0.4) is 0 Å². The molecule has 228 valence electrons. The maximum Gasteiger partial charge on any atom is 0.337 e. The number of fused-ring (bicyclic) bond motifs is 1. The van der Waals surface area contributed by atoms with Crippen LogP contribution in [0.1, 0.15) is 33.7 Å². The van der Waals surface area contributed by atoms with Crippen molar-refractivity contribution in [3.05, 3.63) is 82.9 Å². The normalized spacial score (nSPS) is 18.0. The number of rotatable bonds is 9. The Kier molecular flexibility index (Phi) is 8.20. The quantitative estimate of drug-likeness (QED) is 0.258. The van der Waals surface area contributed by atoms with Crippen molar-refractivity contribution in [3.63, 3.8) is 0 Å². The summed E-state index contributed by atoms with van der Waals surface area (Å²) in [6.45, 7) is 3.65. The number of pyridine rings is 1. The lowest BCUT2D eigenvalue weighted by atomic mass is 10.1. The Morgan fingerprint density at radius 3 is 2.59 bits per heavy atom. The first-order chi connectivity index (χ1) is 21.2. The molecule has 1 atom stereocenters. The lowest BCUT2D eigenvalue weighted by Crippen LogP contribution is -2.46. The number of esters is 1. The van der Waals surface area contributed by atoms with Crippen LogP contribution < -0.4 is 9.64 Å². The third kappa shape index (κ3) is 6.09. The van der Waals surface area contributed by atoms with E-state index in [4.69, 9.17) is 19.7 Å². The van der Waals surface area contributed by atoms with Crippen LogP contribution in [0.25, 0.3) is 11.0 Å². The number of hydrogen-bond acceptors (Lipinski definition) is 10. The van der Waals surface area contributed by atoms with Crippen molar-refractivity contribution in [2.75, 3.05) is 43.9 Å². The summed E-state index contributed by atoms with van der Waals surface area (Å²) >= 11 is 0. The molecule has 4 aromatic rings. The molecule has 2 aliphatic heterocycles. The van der Waals surface area contributed by atoms with Gasteiger partial charge in [-0.05, 0) is 42.8 Å². The van der Waals surface area contributed by atoms with Crippen LogP contribution >= 0.6 is 0 Å². The van der Waals surface area contributed by atoms with Gasteiger partial charge >= 0.3 is 5.97 Å². The molecule has 0 saturated carbocycles. The molecule has 1 unspecified atom stereocenters. The van der Waals surface area contributed by atoms with Gasteiger partial charge in [-0.25, -0.2) is 22.6 Å². The first-order valence-electron chi connectivity index (χ1n) is 14.3. The zero-order chi connectivity index (χ0) is 30.8. The van der Waals surface area contributed by atoms with Crippen molar-refractivity contribution in [3.8, 4) is 11.9 Å². The molecule has 2 aromatic heterocycles. The fraction of sp³-hybridized carbons (Fsp3) is 0.355. The van der Waals surface area contributed by atoms with E-state index in [1.807, 2.05) is 22.8 Å². The lowest BCUT2D eigenvalue weighted by molar-refractivity contribution is 0.0601. The summed E-state index contributed by atoms with van der Waals surface area (Å²) in [6, 6.07) is 16.8. The van der Waals surface area contributed by atoms with Gasteiger partial charge in [-0.2, -0.15) is 10.2 Å². The summed E-state index contributed by atoms with van der Waals surface area (Å²) in [4.78, 5) is 26.1. The van der Waals surface area contributed by atoms with Crippen LogP contribution in [0.5, 0.6) is 5.88 Å². The van der Waals surface area contributed by atoms with Gasteiger partial charge in [0, 0.05) is 44.4 Å². The number of hydrogen-bond donors (Lipinski definition) is 0. The second-order valence-corrected chi connectivity index (χ2v) is 13.3. The third-order valence-electron chi connectivity index (χ3n) is 8.19. The summed E-state index contributed by atoms with van der Waals surface area (Å²) < 4.78 is 51.6. The molecule has 0 bridgehead atoms. The maximum atomic E-state index is 14.3. The van der Waals surface area contributed by atoms with E-state index in [2.05, 4.69) is 14.8 Å². The summed E-state index contributed by atoms with van der Waals surface area (Å²) in [5.41, 5.74) is 2.39. The molecule has 11 nitrogen and oxygen atoms in total. The van der Waals surface area contributed by atoms with Crippen molar-refractivity contribution < 1.29 is 27.1 Å². The van der Waals surface area contributed by atoms with Gasteiger partial charge in [-0.3, -0.25) is 4.90 Å². The Labute approximate surface area is 254 Å². The molecule has 2 aromatic carbocycles. The Balaban J connectivity index is 1.13. The average Bonchev–Trinajstić information content (AvgIpc) is 3.38. The SMILES string of the molecule is COC(=O)c1ccc2nc(CN3CCN(c4cccc(OCc5ccc(C#N)cc5F)n4)CC3)n(CC3CCS3(=O)=O)c2c1. The number of carbonyl (C=O) groups is 1. The highest BCUT2D eigenvalue weighted by Gasteiger charge is 2.36. The van der Waals surface area contributed by atoms with Gasteiger partial charge in [0.05, 0.1) is 52.9 Å². The number of anilines is 1. The van der Waals surface area contributed by atoms with Gasteiger partial charge in [-0.15, -0.1) is 0 Å².